The number of nitrogens with one attached hydrogen (secondary N) is 1. The normalized spacial score (nSPS) is 35.4. The first-order chi connectivity index (χ1) is 8.07. The zero-order chi connectivity index (χ0) is 13.8. The van der Waals surface area contributed by atoms with Crippen molar-refractivity contribution < 1.29 is 23.1 Å². The number of ether oxygens (including phenoxy) is 1. The van der Waals surface area contributed by atoms with Gasteiger partial charge < -0.3 is 15.0 Å². The van der Waals surface area contributed by atoms with E-state index >= 15 is 0 Å². The van der Waals surface area contributed by atoms with Gasteiger partial charge in [-0.3, -0.25) is 4.79 Å². The van der Waals surface area contributed by atoms with Crippen LogP contribution in [0.1, 0.15) is 20.8 Å². The molecule has 2 aliphatic rings. The Morgan fingerprint density at radius 3 is 2.50 bits per heavy atom. The molecule has 2 saturated heterocycles. The molecule has 0 radical (unpaired) electrons. The third kappa shape index (κ3) is 1.81. The Bertz CT molecular complexity index is 410. The first kappa shape index (κ1) is 13.0. The molecule has 0 aliphatic carbocycles. The lowest BCUT2D eigenvalue weighted by molar-refractivity contribution is -0.132. The molecule has 7 heteroatoms. The van der Waals surface area contributed by atoms with Gasteiger partial charge in [0.05, 0.1) is 19.6 Å². The van der Waals surface area contributed by atoms with E-state index in [1.807, 2.05) is 0 Å². The Morgan fingerprint density at radius 2 is 2.00 bits per heavy atom. The molecule has 5 nitrogen and oxygen atoms in total. The molecule has 0 spiro atoms. The Balaban J connectivity index is 2.13. The van der Waals surface area contributed by atoms with Crippen molar-refractivity contribution >= 4 is 12.0 Å². The average Bonchev–Trinajstić information content (AvgIpc) is 2.57. The molecular weight excluding hydrogens is 246 g/mol. The van der Waals surface area contributed by atoms with Crippen molar-refractivity contribution in [3.05, 3.63) is 0 Å². The Kier molecular flexibility index (Phi) is 2.57. The van der Waals surface area contributed by atoms with E-state index in [0.717, 1.165) is 4.90 Å². The predicted molar refractivity (Wildman–Crippen MR) is 58.5 cm³/mol. The van der Waals surface area contributed by atoms with Crippen LogP contribution in [0.25, 0.3) is 0 Å². The number of hydrogen-bond acceptors (Lipinski definition) is 3. The fraction of sp³-hybridized carbons (Fsp3) is 0.818. The number of rotatable bonds is 0. The number of halogens is 2. The second-order valence-corrected chi connectivity index (χ2v) is 5.79. The zero-order valence-corrected chi connectivity index (χ0v) is 10.5. The van der Waals surface area contributed by atoms with Crippen LogP contribution >= 0.6 is 0 Å². The molecule has 2 heterocycles. The maximum Gasteiger partial charge on any atom is 0.410 e. The maximum atomic E-state index is 14.3. The smallest absolute Gasteiger partial charge is 0.410 e. The SMILES string of the molecule is CC(C)(C)OC(=O)N1CC2(F)CNC(=O)C2(F)C1. The van der Waals surface area contributed by atoms with Gasteiger partial charge in [-0.1, -0.05) is 0 Å². The van der Waals surface area contributed by atoms with Gasteiger partial charge in [0, 0.05) is 0 Å². The minimum absolute atomic E-state index is 0.415. The van der Waals surface area contributed by atoms with Crippen molar-refractivity contribution in [3.8, 4) is 0 Å². The predicted octanol–water partition coefficient (Wildman–Crippen LogP) is 0.783. The second kappa shape index (κ2) is 3.55. The molecule has 2 amide bonds. The largest absolute Gasteiger partial charge is 0.444 e. The fourth-order valence-corrected chi connectivity index (χ4v) is 2.18. The highest BCUT2D eigenvalue weighted by molar-refractivity contribution is 5.91. The lowest BCUT2D eigenvalue weighted by Gasteiger charge is -2.24. The molecule has 18 heavy (non-hydrogen) atoms. The number of alkyl halides is 2. The van der Waals surface area contributed by atoms with Crippen molar-refractivity contribution in [1.29, 1.82) is 0 Å². The molecule has 102 valence electrons. The summed E-state index contributed by atoms with van der Waals surface area (Å²) in [6.07, 6.45) is -0.807. The monoisotopic (exact) mass is 262 g/mol. The zero-order valence-electron chi connectivity index (χ0n) is 10.5. The Morgan fingerprint density at radius 1 is 1.39 bits per heavy atom. The minimum Gasteiger partial charge on any atom is -0.444 e. The Labute approximate surface area is 103 Å². The summed E-state index contributed by atoms with van der Waals surface area (Å²) in [5.41, 5.74) is -5.77. The highest BCUT2D eigenvalue weighted by Crippen LogP contribution is 2.42. The summed E-state index contributed by atoms with van der Waals surface area (Å²) in [5, 5.41) is 2.14. The van der Waals surface area contributed by atoms with E-state index in [1.165, 1.54) is 0 Å². The summed E-state index contributed by atoms with van der Waals surface area (Å²) in [6.45, 7) is 3.48. The van der Waals surface area contributed by atoms with Gasteiger partial charge in [0.15, 0.2) is 5.67 Å². The van der Waals surface area contributed by atoms with Gasteiger partial charge in [-0.2, -0.15) is 0 Å². The highest BCUT2D eigenvalue weighted by atomic mass is 19.2. The number of nitrogens with zero attached hydrogens (tertiary/aromatic N) is 1. The van der Waals surface area contributed by atoms with Crippen LogP contribution in [0.3, 0.4) is 0 Å². The molecule has 2 aliphatic heterocycles. The van der Waals surface area contributed by atoms with Crippen molar-refractivity contribution in [2.24, 2.45) is 0 Å². The molecule has 0 saturated carbocycles. The van der Waals surface area contributed by atoms with Crippen LogP contribution in [0.2, 0.25) is 0 Å². The van der Waals surface area contributed by atoms with E-state index in [1.54, 1.807) is 20.8 Å². The van der Waals surface area contributed by atoms with E-state index in [-0.39, 0.29) is 0 Å². The maximum absolute atomic E-state index is 14.3. The van der Waals surface area contributed by atoms with Gasteiger partial charge in [0.25, 0.3) is 5.91 Å². The first-order valence-electron chi connectivity index (χ1n) is 5.71. The molecule has 2 atom stereocenters. The van der Waals surface area contributed by atoms with Crippen LogP contribution in [0.15, 0.2) is 0 Å². The second-order valence-electron chi connectivity index (χ2n) is 5.79. The lowest BCUT2D eigenvalue weighted by atomic mass is 9.93. The molecule has 2 unspecified atom stereocenters. The van der Waals surface area contributed by atoms with Crippen LogP contribution in [0.4, 0.5) is 13.6 Å². The van der Waals surface area contributed by atoms with Crippen molar-refractivity contribution in [3.63, 3.8) is 0 Å². The molecule has 0 aromatic carbocycles. The van der Waals surface area contributed by atoms with E-state index in [4.69, 9.17) is 4.74 Å². The van der Waals surface area contributed by atoms with Crippen molar-refractivity contribution in [2.45, 2.75) is 37.7 Å². The fourth-order valence-electron chi connectivity index (χ4n) is 2.18. The van der Waals surface area contributed by atoms with Crippen LogP contribution in [-0.2, 0) is 9.53 Å². The average molecular weight is 262 g/mol. The van der Waals surface area contributed by atoms with E-state index in [0.29, 0.717) is 0 Å². The standard InChI is InChI=1S/C11H16F2N2O3/c1-9(2,3)18-8(17)15-5-10(12)4-14-7(16)11(10,13)6-15/h4-6H2,1-3H3,(H,14,16). The van der Waals surface area contributed by atoms with Gasteiger partial charge in [-0.25, -0.2) is 13.6 Å². The van der Waals surface area contributed by atoms with Gasteiger partial charge in [-0.15, -0.1) is 0 Å². The van der Waals surface area contributed by atoms with Crippen LogP contribution in [0, 0.1) is 0 Å². The van der Waals surface area contributed by atoms with Crippen molar-refractivity contribution in [2.75, 3.05) is 19.6 Å². The van der Waals surface area contributed by atoms with Crippen molar-refractivity contribution in [1.82, 2.24) is 10.2 Å². The van der Waals surface area contributed by atoms with Crippen LogP contribution < -0.4 is 5.32 Å². The lowest BCUT2D eigenvalue weighted by Crippen LogP contribution is -2.47. The number of likely N-dealkylation sites (tertiary alicyclic amines) is 1. The summed E-state index contributed by atoms with van der Waals surface area (Å²) in [4.78, 5) is 24.0. The molecule has 2 fully saturated rings. The highest BCUT2D eigenvalue weighted by Gasteiger charge is 2.69. The third-order valence-corrected chi connectivity index (χ3v) is 3.10. The topological polar surface area (TPSA) is 58.6 Å². The van der Waals surface area contributed by atoms with Crippen LogP contribution in [0.5, 0.6) is 0 Å². The molecule has 0 aromatic heterocycles. The molecule has 2 rings (SSSR count). The third-order valence-electron chi connectivity index (χ3n) is 3.10. The Hall–Kier alpha value is -1.40. The summed E-state index contributed by atoms with van der Waals surface area (Å²) in [5.74, 6) is -1.00. The quantitative estimate of drug-likeness (QED) is 0.702. The van der Waals surface area contributed by atoms with Crippen LogP contribution in [-0.4, -0.2) is 53.5 Å². The number of amides is 2. The van der Waals surface area contributed by atoms with Gasteiger partial charge >= 0.3 is 6.09 Å². The van der Waals surface area contributed by atoms with E-state index in [2.05, 4.69) is 5.32 Å². The van der Waals surface area contributed by atoms with Gasteiger partial charge in [0.2, 0.25) is 5.67 Å². The molecule has 1 N–H and O–H groups in total. The summed E-state index contributed by atoms with van der Waals surface area (Å²) in [6, 6.07) is 0. The van der Waals surface area contributed by atoms with E-state index in [9.17, 15) is 18.4 Å². The molecular formula is C11H16F2N2O3. The van der Waals surface area contributed by atoms with E-state index < -0.39 is 48.6 Å². The summed E-state index contributed by atoms with van der Waals surface area (Å²) >= 11 is 0. The number of fused-ring (bicyclic) bond motifs is 1. The van der Waals surface area contributed by atoms with Gasteiger partial charge in [-0.05, 0) is 20.8 Å². The number of carbonyl (C=O) groups is 2. The number of hydrogen-bond donors (Lipinski definition) is 1. The first-order valence-corrected chi connectivity index (χ1v) is 5.71. The number of carbonyl (C=O) groups excluding carboxylic acids is 2. The molecule has 0 aromatic rings. The summed E-state index contributed by atoms with van der Waals surface area (Å²) in [7, 11) is 0. The minimum atomic E-state index is -2.66. The summed E-state index contributed by atoms with van der Waals surface area (Å²) < 4.78 is 33.6. The van der Waals surface area contributed by atoms with Gasteiger partial charge in [0.1, 0.15) is 5.60 Å². The molecule has 0 bridgehead atoms.